The Morgan fingerprint density at radius 2 is 2.05 bits per heavy atom. The van der Waals surface area contributed by atoms with Gasteiger partial charge in [0.2, 0.25) is 5.91 Å². The predicted molar refractivity (Wildman–Crippen MR) is 179 cm³/mol. The Labute approximate surface area is 260 Å². The van der Waals surface area contributed by atoms with Gasteiger partial charge in [0.25, 0.3) is 0 Å². The molecule has 9 heteroatoms. The van der Waals surface area contributed by atoms with E-state index in [-0.39, 0.29) is 17.7 Å². The summed E-state index contributed by atoms with van der Waals surface area (Å²) in [7, 11) is 2.04. The van der Waals surface area contributed by atoms with Crippen molar-refractivity contribution in [1.29, 1.82) is 0 Å². The summed E-state index contributed by atoms with van der Waals surface area (Å²) in [6, 6.07) is 0. The van der Waals surface area contributed by atoms with Crippen LogP contribution in [0.1, 0.15) is 51.0 Å². The van der Waals surface area contributed by atoms with Gasteiger partial charge >= 0.3 is 0 Å². The molecule has 1 amide bonds. The first-order valence-corrected chi connectivity index (χ1v) is 16.5. The lowest BCUT2D eigenvalue weighted by Gasteiger charge is -2.33. The van der Waals surface area contributed by atoms with E-state index in [1.165, 1.54) is 29.5 Å². The summed E-state index contributed by atoms with van der Waals surface area (Å²) in [6.07, 6.45) is 20.1. The Bertz CT molecular complexity index is 1360. The van der Waals surface area contributed by atoms with Crippen molar-refractivity contribution >= 4 is 40.9 Å². The first-order chi connectivity index (χ1) is 20.9. The minimum absolute atomic E-state index is 0.0148. The summed E-state index contributed by atoms with van der Waals surface area (Å²) >= 11 is 1.48. The van der Waals surface area contributed by atoms with E-state index < -0.39 is 0 Å². The number of anilines is 1. The second-order valence-corrected chi connectivity index (χ2v) is 12.9. The van der Waals surface area contributed by atoms with Crippen LogP contribution < -0.4 is 4.90 Å². The number of aryl methyl sites for hydroxylation is 1. The molecule has 3 aliphatic heterocycles. The Morgan fingerprint density at radius 3 is 2.77 bits per heavy atom. The van der Waals surface area contributed by atoms with Gasteiger partial charge in [-0.15, -0.1) is 0 Å². The summed E-state index contributed by atoms with van der Waals surface area (Å²) in [4.78, 5) is 29.3. The number of fused-ring (bicyclic) bond motifs is 1. The number of imidazole rings is 1. The number of piperidine rings is 1. The number of rotatable bonds is 8. The van der Waals surface area contributed by atoms with E-state index >= 15 is 0 Å². The van der Waals surface area contributed by atoms with Crippen molar-refractivity contribution in [1.82, 2.24) is 19.4 Å². The first-order valence-electron chi connectivity index (χ1n) is 15.6. The molecule has 5 rings (SSSR count). The minimum Gasteiger partial charge on any atom is -0.341 e. The third-order valence-corrected chi connectivity index (χ3v) is 9.61. The largest absolute Gasteiger partial charge is 0.341 e. The fraction of sp³-hybridized carbons (Fsp3) is 0.500. The highest BCUT2D eigenvalue weighted by Gasteiger charge is 2.29. The Balaban J connectivity index is 1.32. The minimum atomic E-state index is -0.248. The predicted octanol–water partition coefficient (Wildman–Crippen LogP) is 6.55. The van der Waals surface area contributed by atoms with Crippen LogP contribution in [0.15, 0.2) is 64.8 Å². The molecule has 2 unspecified atom stereocenters. The van der Waals surface area contributed by atoms with Crippen molar-refractivity contribution in [3.05, 3.63) is 71.4 Å². The van der Waals surface area contributed by atoms with Crippen molar-refractivity contribution in [3.63, 3.8) is 0 Å². The molecule has 2 fully saturated rings. The van der Waals surface area contributed by atoms with Gasteiger partial charge in [-0.05, 0) is 86.2 Å². The standard InChI is InChI=1S/C34H45FN6OS/c1-5-30-33(38(4)34(43-6-2)36-21-26-9-7-11-29(35)14-13-26)41-23-28(10-8-12-31(41)37-30)27-16-18-39(19-17-27)24-32(42)40-20-15-25(3)22-40/h6-9,11-14,23,25-27H,2,5,10,15-22,24H2,1,3-4H3/b36-34-. The van der Waals surface area contributed by atoms with Gasteiger partial charge in [-0.1, -0.05) is 56.5 Å². The summed E-state index contributed by atoms with van der Waals surface area (Å²) < 4.78 is 15.9. The first kappa shape index (κ1) is 31.3. The van der Waals surface area contributed by atoms with Crippen LogP contribution in [0.2, 0.25) is 0 Å². The Morgan fingerprint density at radius 1 is 1.23 bits per heavy atom. The highest BCUT2D eigenvalue weighted by molar-refractivity contribution is 8.16. The number of amidine groups is 1. The summed E-state index contributed by atoms with van der Waals surface area (Å²) in [5.74, 6) is 3.08. The number of allylic oxidation sites excluding steroid dienone is 6. The van der Waals surface area contributed by atoms with Gasteiger partial charge in [-0.25, -0.2) is 9.37 Å². The SMILES string of the molecule is C=CS/C(=N\CC1C=CC=C(F)C=C1)N(C)c1c(CC)nc2n1C=C(C1CCN(CC(=O)N3CCC(C)C3)CC1)CC=C2. The summed E-state index contributed by atoms with van der Waals surface area (Å²) in [5.41, 5.74) is 2.42. The maximum atomic E-state index is 13.7. The number of carbonyl (C=O) groups is 1. The van der Waals surface area contributed by atoms with Crippen LogP contribution in [-0.2, 0) is 11.2 Å². The molecule has 7 nitrogen and oxygen atoms in total. The van der Waals surface area contributed by atoms with Gasteiger partial charge < -0.3 is 9.80 Å². The van der Waals surface area contributed by atoms with E-state index in [0.717, 1.165) is 80.8 Å². The van der Waals surface area contributed by atoms with Gasteiger partial charge in [0.15, 0.2) is 5.17 Å². The fourth-order valence-electron chi connectivity index (χ4n) is 6.35. The normalized spacial score (nSPS) is 23.1. The number of aliphatic imine (C=N–C) groups is 1. The number of nitrogens with zero attached hydrogens (tertiary/aromatic N) is 6. The molecular formula is C34H45FN6OS. The zero-order chi connectivity index (χ0) is 30.3. The molecule has 2 saturated heterocycles. The molecule has 0 aromatic carbocycles. The smallest absolute Gasteiger partial charge is 0.236 e. The van der Waals surface area contributed by atoms with Gasteiger partial charge in [0.1, 0.15) is 17.5 Å². The lowest BCUT2D eigenvalue weighted by atomic mass is 9.88. The van der Waals surface area contributed by atoms with Crippen LogP contribution in [0.25, 0.3) is 12.3 Å². The third-order valence-electron chi connectivity index (χ3n) is 8.83. The molecule has 230 valence electrons. The molecule has 0 bridgehead atoms. The molecule has 1 aromatic heterocycles. The van der Waals surface area contributed by atoms with Crippen molar-refractivity contribution in [2.45, 2.75) is 46.0 Å². The molecule has 2 atom stereocenters. The molecule has 4 heterocycles. The molecule has 1 aliphatic carbocycles. The third kappa shape index (κ3) is 7.68. The number of aromatic nitrogens is 2. The zero-order valence-electron chi connectivity index (χ0n) is 25.8. The quantitative estimate of drug-likeness (QED) is 0.249. The molecule has 4 aliphatic rings. The van der Waals surface area contributed by atoms with Crippen LogP contribution >= 0.6 is 11.8 Å². The van der Waals surface area contributed by atoms with Gasteiger partial charge in [-0.3, -0.25) is 19.3 Å². The van der Waals surface area contributed by atoms with Crippen molar-refractivity contribution in [3.8, 4) is 0 Å². The Kier molecular flexibility index (Phi) is 10.6. The number of thioether (sulfide) groups is 1. The van der Waals surface area contributed by atoms with Crippen LogP contribution in [-0.4, -0.2) is 76.7 Å². The molecule has 0 saturated carbocycles. The van der Waals surface area contributed by atoms with Crippen LogP contribution in [0.3, 0.4) is 0 Å². The number of hydrogen-bond acceptors (Lipinski definition) is 5. The fourth-order valence-corrected chi connectivity index (χ4v) is 6.89. The number of hydrogen-bond donors (Lipinski definition) is 0. The molecular weight excluding hydrogens is 559 g/mol. The highest BCUT2D eigenvalue weighted by atomic mass is 32.2. The van der Waals surface area contributed by atoms with E-state index in [2.05, 4.69) is 53.1 Å². The van der Waals surface area contributed by atoms with Gasteiger partial charge in [0, 0.05) is 32.3 Å². The molecule has 0 N–H and O–H groups in total. The van der Waals surface area contributed by atoms with Crippen LogP contribution in [0.4, 0.5) is 10.2 Å². The average Bonchev–Trinajstić information content (AvgIpc) is 3.44. The van der Waals surface area contributed by atoms with Crippen LogP contribution in [0, 0.1) is 17.8 Å². The van der Waals surface area contributed by atoms with E-state index in [1.807, 2.05) is 24.1 Å². The zero-order valence-corrected chi connectivity index (χ0v) is 26.6. The van der Waals surface area contributed by atoms with E-state index in [4.69, 9.17) is 9.98 Å². The van der Waals surface area contributed by atoms with Crippen molar-refractivity contribution < 1.29 is 9.18 Å². The molecule has 1 aromatic rings. The second-order valence-electron chi connectivity index (χ2n) is 12.0. The van der Waals surface area contributed by atoms with E-state index in [1.54, 1.807) is 11.5 Å². The maximum Gasteiger partial charge on any atom is 0.236 e. The van der Waals surface area contributed by atoms with Crippen molar-refractivity contribution in [2.75, 3.05) is 51.2 Å². The summed E-state index contributed by atoms with van der Waals surface area (Å²) in [5, 5.41) is 2.62. The number of amides is 1. The number of halogens is 1. The lowest BCUT2D eigenvalue weighted by Crippen LogP contribution is -2.43. The second kappa shape index (κ2) is 14.5. The number of carbonyl (C=O) groups excluding carboxylic acids is 1. The lowest BCUT2D eigenvalue weighted by molar-refractivity contribution is -0.131. The van der Waals surface area contributed by atoms with E-state index in [9.17, 15) is 9.18 Å². The molecule has 43 heavy (non-hydrogen) atoms. The van der Waals surface area contributed by atoms with Gasteiger partial charge in [0.05, 0.1) is 18.8 Å². The maximum absolute atomic E-state index is 13.7. The highest BCUT2D eigenvalue weighted by Crippen LogP contribution is 2.34. The Hall–Kier alpha value is -3.17. The molecule has 0 spiro atoms. The van der Waals surface area contributed by atoms with Crippen molar-refractivity contribution in [2.24, 2.45) is 22.7 Å². The van der Waals surface area contributed by atoms with Crippen LogP contribution in [0.5, 0.6) is 0 Å². The number of likely N-dealkylation sites (tertiary alicyclic amines) is 2. The molecule has 0 radical (unpaired) electrons. The van der Waals surface area contributed by atoms with Gasteiger partial charge in [-0.2, -0.15) is 0 Å². The average molecular weight is 605 g/mol. The van der Waals surface area contributed by atoms with E-state index in [0.29, 0.717) is 24.9 Å². The monoisotopic (exact) mass is 604 g/mol. The summed E-state index contributed by atoms with van der Waals surface area (Å²) in [6.45, 7) is 13.1. The topological polar surface area (TPSA) is 57.0 Å².